The monoisotopic (exact) mass is 553 g/mol. The fourth-order valence-electron chi connectivity index (χ4n) is 4.48. The third kappa shape index (κ3) is 5.24. The molecule has 3 aromatic rings. The van der Waals surface area contributed by atoms with Crippen molar-refractivity contribution in [2.24, 2.45) is 0 Å². The van der Waals surface area contributed by atoms with Gasteiger partial charge in [0.25, 0.3) is 11.7 Å². The molecule has 1 heterocycles. The summed E-state index contributed by atoms with van der Waals surface area (Å²) in [6.45, 7) is 8.00. The molecule has 0 radical (unpaired) electrons. The largest absolute Gasteiger partial charge is 0.507 e. The minimum Gasteiger partial charge on any atom is -0.507 e. The maximum absolute atomic E-state index is 13.4. The molecule has 1 atom stereocenters. The first-order valence-corrected chi connectivity index (χ1v) is 13.0. The number of hydrogen-bond acceptors (Lipinski definition) is 5. The van der Waals surface area contributed by atoms with Gasteiger partial charge in [-0.2, -0.15) is 0 Å². The van der Waals surface area contributed by atoms with Crippen LogP contribution in [0.2, 0.25) is 10.0 Å². The molecule has 1 N–H and O–H groups in total. The molecule has 4 rings (SSSR count). The van der Waals surface area contributed by atoms with Gasteiger partial charge in [-0.3, -0.25) is 14.5 Å². The number of Topliss-reactive ketones (excluding diaryl/α,β-unsaturated/α-hetero) is 1. The number of methoxy groups -OCH3 is 1. The summed E-state index contributed by atoms with van der Waals surface area (Å²) < 4.78 is 11.0. The minimum atomic E-state index is -0.896. The summed E-state index contributed by atoms with van der Waals surface area (Å²) in [5.41, 5.74) is 2.38. The predicted molar refractivity (Wildman–Crippen MR) is 151 cm³/mol. The number of hydrogen-bond donors (Lipinski definition) is 1. The number of carbonyl (C=O) groups excluding carboxylic acids is 2. The second kappa shape index (κ2) is 11.1. The summed E-state index contributed by atoms with van der Waals surface area (Å²) in [5.74, 6) is -0.756. The van der Waals surface area contributed by atoms with E-state index in [1.807, 2.05) is 38.1 Å². The van der Waals surface area contributed by atoms with Crippen molar-refractivity contribution >= 4 is 46.3 Å². The molecule has 1 amide bonds. The molecule has 0 spiro atoms. The summed E-state index contributed by atoms with van der Waals surface area (Å²) in [6.07, 6.45) is -0.0180. The third-order valence-corrected chi connectivity index (χ3v) is 6.89. The summed E-state index contributed by atoms with van der Waals surface area (Å²) >= 11 is 12.6. The van der Waals surface area contributed by atoms with E-state index in [0.29, 0.717) is 22.9 Å². The molecule has 8 heteroatoms. The second-order valence-corrected chi connectivity index (χ2v) is 10.4. The van der Waals surface area contributed by atoms with Crippen LogP contribution in [0.15, 0.2) is 66.2 Å². The molecule has 0 saturated carbocycles. The van der Waals surface area contributed by atoms with Crippen LogP contribution in [-0.2, 0) is 9.59 Å². The van der Waals surface area contributed by atoms with Gasteiger partial charge in [-0.25, -0.2) is 0 Å². The molecule has 198 valence electrons. The van der Waals surface area contributed by atoms with Gasteiger partial charge >= 0.3 is 0 Å². The summed E-state index contributed by atoms with van der Waals surface area (Å²) in [4.78, 5) is 28.3. The van der Waals surface area contributed by atoms with Crippen LogP contribution >= 0.6 is 23.2 Å². The molecule has 1 saturated heterocycles. The third-order valence-electron chi connectivity index (χ3n) is 6.33. The van der Waals surface area contributed by atoms with E-state index < -0.39 is 17.7 Å². The van der Waals surface area contributed by atoms with E-state index in [1.54, 1.807) is 24.3 Å². The van der Waals surface area contributed by atoms with Gasteiger partial charge in [0.2, 0.25) is 0 Å². The molecule has 0 bridgehead atoms. The number of rotatable bonds is 7. The first-order chi connectivity index (χ1) is 18.0. The Morgan fingerprint density at radius 1 is 0.921 bits per heavy atom. The van der Waals surface area contributed by atoms with Gasteiger partial charge < -0.3 is 14.6 Å². The number of ketones is 1. The first kappa shape index (κ1) is 27.6. The highest BCUT2D eigenvalue weighted by Gasteiger charge is 2.47. The van der Waals surface area contributed by atoms with E-state index in [4.69, 9.17) is 32.7 Å². The number of nitrogens with zero attached hydrogens (tertiary/aromatic N) is 1. The number of anilines is 1. The Morgan fingerprint density at radius 3 is 2.00 bits per heavy atom. The molecule has 1 aliphatic heterocycles. The standard InChI is InChI=1S/C30H29Cl2NO5/c1-16(2)18-6-10-21(11-7-18)33-26(19-8-12-22(13-9-19)38-17(3)4)25(28(35)30(33)36)27(34)20-14-23(31)29(37-5)24(32)15-20/h6-17,26,34H,1-5H3/b27-25+. The van der Waals surface area contributed by atoms with Crippen molar-refractivity contribution in [3.8, 4) is 11.5 Å². The second-order valence-electron chi connectivity index (χ2n) is 9.62. The molecule has 3 aromatic carbocycles. The molecule has 1 unspecified atom stereocenters. The van der Waals surface area contributed by atoms with Crippen LogP contribution < -0.4 is 14.4 Å². The van der Waals surface area contributed by atoms with Gasteiger partial charge in [0.1, 0.15) is 11.5 Å². The van der Waals surface area contributed by atoms with Gasteiger partial charge in [0.15, 0.2) is 5.75 Å². The van der Waals surface area contributed by atoms with Gasteiger partial charge in [0.05, 0.1) is 34.9 Å². The van der Waals surface area contributed by atoms with E-state index in [-0.39, 0.29) is 38.8 Å². The summed E-state index contributed by atoms with van der Waals surface area (Å²) in [7, 11) is 1.43. The van der Waals surface area contributed by atoms with Crippen LogP contribution in [0.25, 0.3) is 5.76 Å². The topological polar surface area (TPSA) is 76.1 Å². The lowest BCUT2D eigenvalue weighted by Gasteiger charge is -2.26. The van der Waals surface area contributed by atoms with Crippen molar-refractivity contribution in [3.63, 3.8) is 0 Å². The molecule has 0 aromatic heterocycles. The van der Waals surface area contributed by atoms with Crippen LogP contribution in [-0.4, -0.2) is 30.0 Å². The highest BCUT2D eigenvalue weighted by atomic mass is 35.5. The normalized spacial score (nSPS) is 17.0. The Hall–Kier alpha value is -3.48. The highest BCUT2D eigenvalue weighted by Crippen LogP contribution is 2.44. The summed E-state index contributed by atoms with van der Waals surface area (Å²) in [5, 5.41) is 11.7. The SMILES string of the molecule is COc1c(Cl)cc(/C(O)=C2\C(=O)C(=O)N(c3ccc(C(C)C)cc3)C2c2ccc(OC(C)C)cc2)cc1Cl. The van der Waals surface area contributed by atoms with Crippen molar-refractivity contribution in [1.82, 2.24) is 0 Å². The molecule has 38 heavy (non-hydrogen) atoms. The number of halogens is 2. The molecule has 1 aliphatic rings. The van der Waals surface area contributed by atoms with E-state index in [1.165, 1.54) is 24.1 Å². The molecular weight excluding hydrogens is 525 g/mol. The van der Waals surface area contributed by atoms with E-state index in [9.17, 15) is 14.7 Å². The number of benzene rings is 3. The lowest BCUT2D eigenvalue weighted by Crippen LogP contribution is -2.29. The smallest absolute Gasteiger partial charge is 0.300 e. The predicted octanol–water partition coefficient (Wildman–Crippen LogP) is 7.54. The van der Waals surface area contributed by atoms with Crippen LogP contribution in [0.4, 0.5) is 5.69 Å². The lowest BCUT2D eigenvalue weighted by atomic mass is 9.94. The molecule has 0 aliphatic carbocycles. The first-order valence-electron chi connectivity index (χ1n) is 12.2. The number of aliphatic hydroxyl groups is 1. The lowest BCUT2D eigenvalue weighted by molar-refractivity contribution is -0.132. The number of aliphatic hydroxyl groups excluding tert-OH is 1. The summed E-state index contributed by atoms with van der Waals surface area (Å²) in [6, 6.07) is 16.6. The maximum Gasteiger partial charge on any atom is 0.300 e. The average Bonchev–Trinajstić information content (AvgIpc) is 3.13. The van der Waals surface area contributed by atoms with Crippen molar-refractivity contribution in [3.05, 3.63) is 93.0 Å². The van der Waals surface area contributed by atoms with Crippen LogP contribution in [0.1, 0.15) is 56.3 Å². The zero-order valence-electron chi connectivity index (χ0n) is 21.8. The van der Waals surface area contributed by atoms with Gasteiger partial charge in [-0.15, -0.1) is 0 Å². The van der Waals surface area contributed by atoms with Crippen LogP contribution in [0.3, 0.4) is 0 Å². The molecule has 6 nitrogen and oxygen atoms in total. The fraction of sp³-hybridized carbons (Fsp3) is 0.267. The Balaban J connectivity index is 1.90. The number of carbonyl (C=O) groups is 2. The maximum atomic E-state index is 13.4. The fourth-order valence-corrected chi connectivity index (χ4v) is 5.12. The Labute approximate surface area is 232 Å². The van der Waals surface area contributed by atoms with Crippen LogP contribution in [0, 0.1) is 0 Å². The van der Waals surface area contributed by atoms with Crippen molar-refractivity contribution in [2.75, 3.05) is 12.0 Å². The molecule has 1 fully saturated rings. The van der Waals surface area contributed by atoms with Crippen molar-refractivity contribution in [1.29, 1.82) is 0 Å². The van der Waals surface area contributed by atoms with Gasteiger partial charge in [-0.05, 0) is 67.3 Å². The van der Waals surface area contributed by atoms with E-state index in [0.717, 1.165) is 5.56 Å². The Kier molecular flexibility index (Phi) is 8.05. The average molecular weight is 554 g/mol. The minimum absolute atomic E-state index is 0.0180. The van der Waals surface area contributed by atoms with Crippen molar-refractivity contribution < 1.29 is 24.2 Å². The van der Waals surface area contributed by atoms with Gasteiger partial charge in [0, 0.05) is 11.3 Å². The zero-order chi connectivity index (χ0) is 27.7. The van der Waals surface area contributed by atoms with E-state index in [2.05, 4.69) is 13.8 Å². The Morgan fingerprint density at radius 2 is 1.50 bits per heavy atom. The van der Waals surface area contributed by atoms with Gasteiger partial charge in [-0.1, -0.05) is 61.3 Å². The van der Waals surface area contributed by atoms with Crippen molar-refractivity contribution in [2.45, 2.75) is 45.8 Å². The van der Waals surface area contributed by atoms with E-state index >= 15 is 0 Å². The molecular formula is C30H29Cl2NO5. The highest BCUT2D eigenvalue weighted by molar-refractivity contribution is 6.51. The number of amides is 1. The van der Waals surface area contributed by atoms with Crippen LogP contribution in [0.5, 0.6) is 11.5 Å². The Bertz CT molecular complexity index is 1370. The quantitative estimate of drug-likeness (QED) is 0.186. The number of ether oxygens (including phenoxy) is 2. The zero-order valence-corrected chi connectivity index (χ0v) is 23.3.